The van der Waals surface area contributed by atoms with Gasteiger partial charge in [-0.3, -0.25) is 4.79 Å². The Bertz CT molecular complexity index is 389. The van der Waals surface area contributed by atoms with Crippen LogP contribution in [0.3, 0.4) is 0 Å². The largest absolute Gasteiger partial charge is 0.466 e. The molecule has 0 bridgehead atoms. The number of rotatable bonds is 4. The zero-order valence-electron chi connectivity index (χ0n) is 9.28. The molecule has 1 fully saturated rings. The summed E-state index contributed by atoms with van der Waals surface area (Å²) in [5.41, 5.74) is 0.955. The van der Waals surface area contributed by atoms with Crippen LogP contribution in [0.2, 0.25) is 0 Å². The van der Waals surface area contributed by atoms with Crippen LogP contribution >= 0.6 is 0 Å². The van der Waals surface area contributed by atoms with Gasteiger partial charge in [0.2, 0.25) is 0 Å². The third kappa shape index (κ3) is 2.60. The first-order valence-corrected chi connectivity index (χ1v) is 5.61. The molecule has 0 heterocycles. The van der Waals surface area contributed by atoms with E-state index >= 15 is 0 Å². The van der Waals surface area contributed by atoms with Crippen LogP contribution in [0.4, 0.5) is 4.39 Å². The number of hydrogen-bond acceptors (Lipinski definition) is 2. The first-order valence-electron chi connectivity index (χ1n) is 5.61. The standard InChI is InChI=1S/C13H15FO2/c1-2-16-13(15)12-8-10(12)6-9-4-3-5-11(14)7-9/h3-5,7,10,12H,2,6,8H2,1H3/t10-,12+/m1/s1. The minimum Gasteiger partial charge on any atom is -0.466 e. The summed E-state index contributed by atoms with van der Waals surface area (Å²) in [4.78, 5) is 11.4. The number of carbonyl (C=O) groups excluding carboxylic acids is 1. The highest BCUT2D eigenvalue weighted by molar-refractivity contribution is 5.75. The predicted octanol–water partition coefficient (Wildman–Crippen LogP) is 2.57. The fourth-order valence-corrected chi connectivity index (χ4v) is 1.98. The molecule has 2 nitrogen and oxygen atoms in total. The molecule has 1 aliphatic rings. The molecule has 0 unspecified atom stereocenters. The number of ether oxygens (including phenoxy) is 1. The monoisotopic (exact) mass is 222 g/mol. The summed E-state index contributed by atoms with van der Waals surface area (Å²) in [6.45, 7) is 2.24. The second-order valence-electron chi connectivity index (χ2n) is 4.19. The molecule has 0 saturated heterocycles. The summed E-state index contributed by atoms with van der Waals surface area (Å²) >= 11 is 0. The highest BCUT2D eigenvalue weighted by atomic mass is 19.1. The quantitative estimate of drug-likeness (QED) is 0.732. The molecule has 0 aliphatic heterocycles. The molecule has 0 amide bonds. The van der Waals surface area contributed by atoms with Gasteiger partial charge in [-0.1, -0.05) is 12.1 Å². The molecule has 1 aromatic rings. The first kappa shape index (κ1) is 11.1. The van der Waals surface area contributed by atoms with E-state index in [-0.39, 0.29) is 17.7 Å². The van der Waals surface area contributed by atoms with E-state index in [1.165, 1.54) is 12.1 Å². The Morgan fingerprint density at radius 1 is 1.56 bits per heavy atom. The van der Waals surface area contributed by atoms with Gasteiger partial charge in [-0.15, -0.1) is 0 Å². The average Bonchev–Trinajstić information content (AvgIpc) is 2.97. The summed E-state index contributed by atoms with van der Waals surface area (Å²) in [5, 5.41) is 0. The van der Waals surface area contributed by atoms with Crippen molar-refractivity contribution in [1.82, 2.24) is 0 Å². The van der Waals surface area contributed by atoms with E-state index in [0.29, 0.717) is 12.5 Å². The summed E-state index contributed by atoms with van der Waals surface area (Å²) in [5.74, 6) is 0.0406. The van der Waals surface area contributed by atoms with E-state index in [0.717, 1.165) is 18.4 Å². The van der Waals surface area contributed by atoms with Gasteiger partial charge >= 0.3 is 5.97 Å². The van der Waals surface area contributed by atoms with E-state index in [2.05, 4.69) is 0 Å². The molecular weight excluding hydrogens is 207 g/mol. The smallest absolute Gasteiger partial charge is 0.309 e. The van der Waals surface area contributed by atoms with Crippen molar-refractivity contribution in [2.75, 3.05) is 6.61 Å². The van der Waals surface area contributed by atoms with Gasteiger partial charge in [0.05, 0.1) is 12.5 Å². The maximum atomic E-state index is 12.9. The van der Waals surface area contributed by atoms with E-state index in [9.17, 15) is 9.18 Å². The lowest BCUT2D eigenvalue weighted by Gasteiger charge is -2.01. The van der Waals surface area contributed by atoms with Gasteiger partial charge in [-0.05, 0) is 43.4 Å². The molecule has 1 aromatic carbocycles. The zero-order chi connectivity index (χ0) is 11.5. The van der Waals surface area contributed by atoms with Gasteiger partial charge in [-0.25, -0.2) is 4.39 Å². The van der Waals surface area contributed by atoms with Crippen molar-refractivity contribution in [3.63, 3.8) is 0 Å². The minimum atomic E-state index is -0.217. The second-order valence-corrected chi connectivity index (χ2v) is 4.19. The molecule has 0 aromatic heterocycles. The van der Waals surface area contributed by atoms with Crippen LogP contribution in [0.25, 0.3) is 0 Å². The fourth-order valence-electron chi connectivity index (χ4n) is 1.98. The number of esters is 1. The van der Waals surface area contributed by atoms with E-state index in [1.54, 1.807) is 6.07 Å². The lowest BCUT2D eigenvalue weighted by Crippen LogP contribution is -2.08. The zero-order valence-corrected chi connectivity index (χ0v) is 9.28. The molecule has 2 atom stereocenters. The van der Waals surface area contributed by atoms with E-state index in [1.807, 2.05) is 13.0 Å². The van der Waals surface area contributed by atoms with Crippen molar-refractivity contribution < 1.29 is 13.9 Å². The van der Waals surface area contributed by atoms with Gasteiger partial charge in [0.1, 0.15) is 5.82 Å². The van der Waals surface area contributed by atoms with Crippen molar-refractivity contribution in [1.29, 1.82) is 0 Å². The third-order valence-electron chi connectivity index (χ3n) is 2.90. The normalized spacial score (nSPS) is 22.9. The highest BCUT2D eigenvalue weighted by Crippen LogP contribution is 2.41. The predicted molar refractivity (Wildman–Crippen MR) is 58.3 cm³/mol. The van der Waals surface area contributed by atoms with Gasteiger partial charge in [0.15, 0.2) is 0 Å². The summed E-state index contributed by atoms with van der Waals surface area (Å²) < 4.78 is 17.9. The van der Waals surface area contributed by atoms with Crippen molar-refractivity contribution in [2.24, 2.45) is 11.8 Å². The van der Waals surface area contributed by atoms with Crippen molar-refractivity contribution in [3.05, 3.63) is 35.6 Å². The number of benzene rings is 1. The Morgan fingerprint density at radius 2 is 2.38 bits per heavy atom. The molecular formula is C13H15FO2. The Hall–Kier alpha value is -1.38. The second kappa shape index (κ2) is 4.64. The Kier molecular flexibility index (Phi) is 3.22. The molecule has 0 radical (unpaired) electrons. The SMILES string of the molecule is CCOC(=O)[C@H]1C[C@H]1Cc1cccc(F)c1. The van der Waals surface area contributed by atoms with Crippen LogP contribution in [0.1, 0.15) is 18.9 Å². The number of halogens is 1. The maximum absolute atomic E-state index is 12.9. The van der Waals surface area contributed by atoms with E-state index in [4.69, 9.17) is 4.74 Å². The van der Waals surface area contributed by atoms with Crippen molar-refractivity contribution in [3.8, 4) is 0 Å². The minimum absolute atomic E-state index is 0.0308. The Balaban J connectivity index is 1.87. The molecule has 16 heavy (non-hydrogen) atoms. The Labute approximate surface area is 94.4 Å². The van der Waals surface area contributed by atoms with Crippen molar-refractivity contribution in [2.45, 2.75) is 19.8 Å². The third-order valence-corrected chi connectivity index (χ3v) is 2.90. The maximum Gasteiger partial charge on any atom is 0.309 e. The van der Waals surface area contributed by atoms with Gasteiger partial charge in [0.25, 0.3) is 0 Å². The topological polar surface area (TPSA) is 26.3 Å². The molecule has 3 heteroatoms. The molecule has 86 valence electrons. The number of hydrogen-bond donors (Lipinski definition) is 0. The summed E-state index contributed by atoms with van der Waals surface area (Å²) in [6.07, 6.45) is 1.64. The summed E-state index contributed by atoms with van der Waals surface area (Å²) in [7, 11) is 0. The van der Waals surface area contributed by atoms with Crippen LogP contribution < -0.4 is 0 Å². The van der Waals surface area contributed by atoms with Crippen LogP contribution in [-0.2, 0) is 16.0 Å². The highest BCUT2D eigenvalue weighted by Gasteiger charge is 2.43. The summed E-state index contributed by atoms with van der Waals surface area (Å²) in [6, 6.07) is 6.55. The molecule has 1 saturated carbocycles. The molecule has 0 spiro atoms. The van der Waals surface area contributed by atoms with Crippen LogP contribution in [0.5, 0.6) is 0 Å². The van der Waals surface area contributed by atoms with Gasteiger partial charge in [0, 0.05) is 0 Å². The van der Waals surface area contributed by atoms with Crippen LogP contribution in [0.15, 0.2) is 24.3 Å². The lowest BCUT2D eigenvalue weighted by atomic mass is 10.1. The fraction of sp³-hybridized carbons (Fsp3) is 0.462. The number of carbonyl (C=O) groups is 1. The van der Waals surface area contributed by atoms with E-state index < -0.39 is 0 Å². The Morgan fingerprint density at radius 3 is 3.06 bits per heavy atom. The van der Waals surface area contributed by atoms with Gasteiger partial charge < -0.3 is 4.74 Å². The first-order chi connectivity index (χ1) is 7.70. The molecule has 2 rings (SSSR count). The van der Waals surface area contributed by atoms with Crippen molar-refractivity contribution >= 4 is 5.97 Å². The van der Waals surface area contributed by atoms with Crippen LogP contribution in [0, 0.1) is 17.7 Å². The average molecular weight is 222 g/mol. The lowest BCUT2D eigenvalue weighted by molar-refractivity contribution is -0.145. The van der Waals surface area contributed by atoms with Crippen LogP contribution in [-0.4, -0.2) is 12.6 Å². The van der Waals surface area contributed by atoms with Gasteiger partial charge in [-0.2, -0.15) is 0 Å². The molecule has 0 N–H and O–H groups in total. The molecule has 1 aliphatic carbocycles.